The number of carbonyl (C=O) groups is 3. The van der Waals surface area contributed by atoms with Crippen molar-refractivity contribution in [3.8, 4) is 5.75 Å². The molecular formula is C27H33N3O6S. The first kappa shape index (κ1) is 26.7. The van der Waals surface area contributed by atoms with E-state index in [2.05, 4.69) is 5.32 Å². The number of rotatable bonds is 9. The van der Waals surface area contributed by atoms with Crippen LogP contribution in [0.4, 0.5) is 0 Å². The number of ether oxygens (including phenoxy) is 1. The molecule has 198 valence electrons. The van der Waals surface area contributed by atoms with Crippen LogP contribution in [0.3, 0.4) is 0 Å². The van der Waals surface area contributed by atoms with E-state index in [1.165, 1.54) is 17.0 Å². The van der Waals surface area contributed by atoms with Crippen molar-refractivity contribution in [2.45, 2.75) is 69.0 Å². The Kier molecular flexibility index (Phi) is 8.16. The molecule has 0 bridgehead atoms. The molecule has 1 aliphatic heterocycles. The van der Waals surface area contributed by atoms with Crippen LogP contribution in [-0.4, -0.2) is 61.1 Å². The minimum Gasteiger partial charge on any atom is -0.497 e. The summed E-state index contributed by atoms with van der Waals surface area (Å²) in [5, 5.41) is 3.07. The summed E-state index contributed by atoms with van der Waals surface area (Å²) in [7, 11) is -2.46. The molecule has 1 aliphatic carbocycles. The number of hydrogen-bond acceptors (Lipinski definition) is 6. The molecule has 1 N–H and O–H groups in total. The van der Waals surface area contributed by atoms with Gasteiger partial charge in [-0.05, 0) is 49.6 Å². The van der Waals surface area contributed by atoms with Gasteiger partial charge in [-0.2, -0.15) is 0 Å². The molecule has 0 radical (unpaired) electrons. The van der Waals surface area contributed by atoms with Gasteiger partial charge in [0.25, 0.3) is 15.9 Å². The number of sulfonamides is 1. The third-order valence-corrected chi connectivity index (χ3v) is 8.91. The first-order valence-corrected chi connectivity index (χ1v) is 14.0. The predicted molar refractivity (Wildman–Crippen MR) is 137 cm³/mol. The third kappa shape index (κ3) is 5.79. The van der Waals surface area contributed by atoms with Gasteiger partial charge in [0.15, 0.2) is 0 Å². The maximum Gasteiger partial charge on any atom is 0.269 e. The van der Waals surface area contributed by atoms with E-state index < -0.39 is 27.9 Å². The Hall–Kier alpha value is -3.40. The molecule has 1 fully saturated rings. The Morgan fingerprint density at radius 3 is 2.41 bits per heavy atom. The Morgan fingerprint density at radius 2 is 1.76 bits per heavy atom. The second-order valence-electron chi connectivity index (χ2n) is 9.52. The van der Waals surface area contributed by atoms with E-state index in [-0.39, 0.29) is 41.9 Å². The third-order valence-electron chi connectivity index (χ3n) is 7.07. The van der Waals surface area contributed by atoms with E-state index in [1.807, 2.05) is 12.1 Å². The molecule has 2 aliphatic rings. The zero-order valence-electron chi connectivity index (χ0n) is 21.2. The summed E-state index contributed by atoms with van der Waals surface area (Å²) < 4.78 is 31.7. The first-order chi connectivity index (χ1) is 17.7. The predicted octanol–water partition coefficient (Wildman–Crippen LogP) is 3.10. The van der Waals surface area contributed by atoms with Gasteiger partial charge in [-0.25, -0.2) is 12.7 Å². The number of carbonyl (C=O) groups excluding carboxylic acids is 3. The van der Waals surface area contributed by atoms with E-state index in [9.17, 15) is 22.8 Å². The molecule has 1 saturated carbocycles. The second kappa shape index (κ2) is 11.3. The molecule has 10 heteroatoms. The molecule has 1 atom stereocenters. The molecule has 3 amide bonds. The summed E-state index contributed by atoms with van der Waals surface area (Å²) in [4.78, 5) is 40.7. The van der Waals surface area contributed by atoms with Crippen LogP contribution in [0.1, 0.15) is 61.4 Å². The van der Waals surface area contributed by atoms with E-state index in [0.29, 0.717) is 5.75 Å². The largest absolute Gasteiger partial charge is 0.497 e. The van der Waals surface area contributed by atoms with Crippen molar-refractivity contribution in [3.05, 3.63) is 59.7 Å². The van der Waals surface area contributed by atoms with E-state index in [1.54, 1.807) is 38.3 Å². The van der Waals surface area contributed by atoms with E-state index in [0.717, 1.165) is 42.0 Å². The van der Waals surface area contributed by atoms with Gasteiger partial charge in [0, 0.05) is 25.6 Å². The number of nitrogens with one attached hydrogen (secondary N) is 1. The Bertz CT molecular complexity index is 1260. The summed E-state index contributed by atoms with van der Waals surface area (Å²) in [6.45, 7) is 1.53. The van der Waals surface area contributed by atoms with Crippen LogP contribution in [0.2, 0.25) is 0 Å². The van der Waals surface area contributed by atoms with Crippen LogP contribution in [0.25, 0.3) is 0 Å². The van der Waals surface area contributed by atoms with Crippen LogP contribution in [0.15, 0.2) is 53.4 Å². The molecule has 0 spiro atoms. The summed E-state index contributed by atoms with van der Waals surface area (Å²) in [6, 6.07) is 12.5. The van der Waals surface area contributed by atoms with Crippen molar-refractivity contribution < 1.29 is 27.5 Å². The molecule has 37 heavy (non-hydrogen) atoms. The maximum atomic E-state index is 13.4. The van der Waals surface area contributed by atoms with Gasteiger partial charge in [0.1, 0.15) is 16.7 Å². The van der Waals surface area contributed by atoms with Crippen LogP contribution in [0.5, 0.6) is 5.75 Å². The fourth-order valence-electron chi connectivity index (χ4n) is 4.87. The minimum absolute atomic E-state index is 0.0530. The zero-order chi connectivity index (χ0) is 26.6. The van der Waals surface area contributed by atoms with Gasteiger partial charge in [-0.1, -0.05) is 43.5 Å². The van der Waals surface area contributed by atoms with Gasteiger partial charge in [0.05, 0.1) is 12.7 Å². The topological polar surface area (TPSA) is 113 Å². The van der Waals surface area contributed by atoms with Crippen molar-refractivity contribution in [1.29, 1.82) is 0 Å². The number of fused-ring (bicyclic) bond motifs is 1. The van der Waals surface area contributed by atoms with Crippen molar-refractivity contribution in [2.24, 2.45) is 0 Å². The highest BCUT2D eigenvalue weighted by Crippen LogP contribution is 2.30. The van der Waals surface area contributed by atoms with Crippen molar-refractivity contribution >= 4 is 27.7 Å². The van der Waals surface area contributed by atoms with Crippen LogP contribution >= 0.6 is 0 Å². The van der Waals surface area contributed by atoms with Crippen LogP contribution in [0, 0.1) is 0 Å². The van der Waals surface area contributed by atoms with Gasteiger partial charge < -0.3 is 15.0 Å². The first-order valence-electron chi connectivity index (χ1n) is 12.6. The summed E-state index contributed by atoms with van der Waals surface area (Å²) >= 11 is 0. The Labute approximate surface area is 217 Å². The fraction of sp³-hybridized carbons (Fsp3) is 0.444. The number of nitrogens with zero attached hydrogens (tertiary/aromatic N) is 2. The lowest BCUT2D eigenvalue weighted by atomic mass is 9.95. The lowest BCUT2D eigenvalue weighted by molar-refractivity contribution is -0.141. The number of methoxy groups -OCH3 is 1. The van der Waals surface area contributed by atoms with E-state index in [4.69, 9.17) is 4.74 Å². The molecular weight excluding hydrogens is 494 g/mol. The smallest absolute Gasteiger partial charge is 0.269 e. The number of amides is 3. The van der Waals surface area contributed by atoms with Crippen molar-refractivity contribution in [1.82, 2.24) is 14.5 Å². The second-order valence-corrected chi connectivity index (χ2v) is 11.3. The lowest BCUT2D eigenvalue weighted by Gasteiger charge is -2.31. The van der Waals surface area contributed by atoms with E-state index >= 15 is 0 Å². The number of hydrogen-bond donors (Lipinski definition) is 1. The summed E-state index contributed by atoms with van der Waals surface area (Å²) in [5.41, 5.74) is 0.897. The molecule has 4 rings (SSSR count). The highest BCUT2D eigenvalue weighted by Gasteiger charge is 2.41. The summed E-state index contributed by atoms with van der Waals surface area (Å²) in [6.07, 6.45) is 4.88. The highest BCUT2D eigenvalue weighted by atomic mass is 32.2. The summed E-state index contributed by atoms with van der Waals surface area (Å²) in [5.74, 6) is -0.637. The molecule has 1 heterocycles. The molecule has 2 aromatic carbocycles. The normalized spacial score (nSPS) is 17.7. The average molecular weight is 528 g/mol. The van der Waals surface area contributed by atoms with Gasteiger partial charge in [-0.15, -0.1) is 0 Å². The van der Waals surface area contributed by atoms with Crippen molar-refractivity contribution in [3.63, 3.8) is 0 Å². The van der Waals surface area contributed by atoms with Crippen molar-refractivity contribution in [2.75, 3.05) is 13.7 Å². The number of benzene rings is 2. The van der Waals surface area contributed by atoms with Gasteiger partial charge >= 0.3 is 0 Å². The highest BCUT2D eigenvalue weighted by molar-refractivity contribution is 7.90. The standard InChI is InChI=1S/C27H33N3O6S/c1-19(26(32)28-21-8-4-3-5-9-21)29(18-20-12-14-22(36-2)15-13-20)25(31)16-17-30-27(33)23-10-6-7-11-24(23)37(30,34)35/h6-7,10-15,19,21H,3-5,8-9,16-18H2,1-2H3,(H,28,32)/t19-/m0/s1. The van der Waals surface area contributed by atoms with Gasteiger partial charge in [0.2, 0.25) is 11.8 Å². The SMILES string of the molecule is COc1ccc(CN(C(=O)CCN2C(=O)c3ccccc3S2(=O)=O)[C@@H](C)C(=O)NC2CCCCC2)cc1. The minimum atomic E-state index is -4.02. The van der Waals surface area contributed by atoms with Gasteiger partial charge in [-0.3, -0.25) is 14.4 Å². The quantitative estimate of drug-likeness (QED) is 0.536. The van der Waals surface area contributed by atoms with Crippen LogP contribution in [-0.2, 0) is 26.2 Å². The molecule has 9 nitrogen and oxygen atoms in total. The Balaban J connectivity index is 1.50. The zero-order valence-corrected chi connectivity index (χ0v) is 22.0. The molecule has 0 unspecified atom stereocenters. The Morgan fingerprint density at radius 1 is 1.08 bits per heavy atom. The van der Waals surface area contributed by atoms with Crippen LogP contribution < -0.4 is 10.1 Å². The molecule has 0 saturated heterocycles. The lowest BCUT2D eigenvalue weighted by Crippen LogP contribution is -2.50. The maximum absolute atomic E-state index is 13.4. The average Bonchev–Trinajstić information content (AvgIpc) is 3.11. The monoisotopic (exact) mass is 527 g/mol. The fourth-order valence-corrected chi connectivity index (χ4v) is 6.44. The molecule has 0 aromatic heterocycles. The molecule has 2 aromatic rings.